The van der Waals surface area contributed by atoms with Crippen LogP contribution in [0.5, 0.6) is 0 Å². The van der Waals surface area contributed by atoms with Gasteiger partial charge in [0.25, 0.3) is 11.6 Å². The molecule has 0 unspecified atom stereocenters. The lowest BCUT2D eigenvalue weighted by atomic mass is 10.1. The molecule has 0 fully saturated rings. The summed E-state index contributed by atoms with van der Waals surface area (Å²) in [6.07, 6.45) is 0. The van der Waals surface area contributed by atoms with Crippen molar-refractivity contribution in [3.63, 3.8) is 0 Å². The number of non-ortho nitro benzene ring substituents is 1. The molecule has 1 amide bonds. The summed E-state index contributed by atoms with van der Waals surface area (Å²) in [5, 5.41) is 13.3. The Hall–Kier alpha value is -2.89. The number of anilines is 1. The van der Waals surface area contributed by atoms with Gasteiger partial charge in [0.2, 0.25) is 0 Å². The molecule has 6 nitrogen and oxygen atoms in total. The summed E-state index contributed by atoms with van der Waals surface area (Å²) in [7, 11) is 0. The van der Waals surface area contributed by atoms with E-state index in [1.165, 1.54) is 12.1 Å². The lowest BCUT2D eigenvalue weighted by Gasteiger charge is -2.07. The highest BCUT2D eigenvalue weighted by atomic mass is 16.6. The minimum atomic E-state index is -0.472. The van der Waals surface area contributed by atoms with Gasteiger partial charge in [-0.1, -0.05) is 24.3 Å². The molecular weight excluding hydrogens is 258 g/mol. The van der Waals surface area contributed by atoms with E-state index in [4.69, 9.17) is 5.73 Å². The summed E-state index contributed by atoms with van der Waals surface area (Å²) in [5.74, 6) is -0.311. The number of amides is 1. The van der Waals surface area contributed by atoms with Crippen LogP contribution in [0.25, 0.3) is 0 Å². The summed E-state index contributed by atoms with van der Waals surface area (Å²) in [5.41, 5.74) is 7.13. The number of hydrogen-bond donors (Lipinski definition) is 2. The van der Waals surface area contributed by atoms with E-state index in [0.29, 0.717) is 16.8 Å². The Morgan fingerprint density at radius 3 is 2.65 bits per heavy atom. The number of carbonyl (C=O) groups is 1. The van der Waals surface area contributed by atoms with Crippen LogP contribution in [0.1, 0.15) is 15.9 Å². The van der Waals surface area contributed by atoms with E-state index in [0.717, 1.165) is 0 Å². The van der Waals surface area contributed by atoms with E-state index >= 15 is 0 Å². The Bertz CT molecular complexity index is 656. The van der Waals surface area contributed by atoms with Crippen molar-refractivity contribution in [3.8, 4) is 0 Å². The summed E-state index contributed by atoms with van der Waals surface area (Å²) in [4.78, 5) is 22.1. The van der Waals surface area contributed by atoms with Gasteiger partial charge in [0.1, 0.15) is 0 Å². The molecule has 0 saturated heterocycles. The molecule has 3 N–H and O–H groups in total. The predicted molar refractivity (Wildman–Crippen MR) is 75.1 cm³/mol. The van der Waals surface area contributed by atoms with Crippen molar-refractivity contribution in [2.75, 3.05) is 5.73 Å². The molecule has 0 spiro atoms. The quantitative estimate of drug-likeness (QED) is 0.505. The van der Waals surface area contributed by atoms with Crippen LogP contribution in [0.15, 0.2) is 48.5 Å². The third-order valence-corrected chi connectivity index (χ3v) is 2.78. The first-order valence-electron chi connectivity index (χ1n) is 5.94. The highest BCUT2D eigenvalue weighted by Crippen LogP contribution is 2.14. The molecule has 0 heterocycles. The summed E-state index contributed by atoms with van der Waals surface area (Å²) in [6.45, 7) is 0.203. The second kappa shape index (κ2) is 5.83. The molecule has 0 aromatic heterocycles. The van der Waals surface area contributed by atoms with Gasteiger partial charge in [0, 0.05) is 24.4 Å². The average Bonchev–Trinajstić information content (AvgIpc) is 2.45. The molecule has 102 valence electrons. The average molecular weight is 271 g/mol. The first-order chi connectivity index (χ1) is 9.58. The van der Waals surface area contributed by atoms with Gasteiger partial charge in [-0.2, -0.15) is 0 Å². The molecule has 0 saturated carbocycles. The number of nitrogen functional groups attached to an aromatic ring is 1. The van der Waals surface area contributed by atoms with E-state index in [9.17, 15) is 14.9 Å². The fourth-order valence-electron chi connectivity index (χ4n) is 1.76. The molecule has 0 radical (unpaired) electrons. The second-order valence-electron chi connectivity index (χ2n) is 4.20. The van der Waals surface area contributed by atoms with Crippen LogP contribution in [-0.4, -0.2) is 10.8 Å². The van der Waals surface area contributed by atoms with E-state index in [1.54, 1.807) is 36.4 Å². The van der Waals surface area contributed by atoms with Gasteiger partial charge >= 0.3 is 0 Å². The molecule has 0 atom stereocenters. The number of nitro groups is 1. The van der Waals surface area contributed by atoms with Crippen molar-refractivity contribution in [3.05, 3.63) is 69.8 Å². The predicted octanol–water partition coefficient (Wildman–Crippen LogP) is 2.11. The number of benzene rings is 2. The monoisotopic (exact) mass is 271 g/mol. The maximum absolute atomic E-state index is 11.9. The van der Waals surface area contributed by atoms with Crippen molar-refractivity contribution in [1.29, 1.82) is 0 Å². The number of hydrogen-bond acceptors (Lipinski definition) is 4. The highest BCUT2D eigenvalue weighted by Gasteiger charge is 2.10. The molecule has 0 aliphatic carbocycles. The van der Waals surface area contributed by atoms with Crippen LogP contribution in [0.2, 0.25) is 0 Å². The summed E-state index contributed by atoms with van der Waals surface area (Å²) < 4.78 is 0. The van der Waals surface area contributed by atoms with Gasteiger partial charge in [-0.05, 0) is 17.7 Å². The first-order valence-corrected chi connectivity index (χ1v) is 5.94. The minimum Gasteiger partial charge on any atom is -0.398 e. The van der Waals surface area contributed by atoms with E-state index in [2.05, 4.69) is 5.32 Å². The Kier molecular flexibility index (Phi) is 3.95. The maximum Gasteiger partial charge on any atom is 0.269 e. The first kappa shape index (κ1) is 13.5. The Balaban J connectivity index is 2.06. The SMILES string of the molecule is Nc1ccccc1C(=O)NCc1cccc([N+](=O)[O-])c1. The lowest BCUT2D eigenvalue weighted by Crippen LogP contribution is -2.23. The molecule has 2 rings (SSSR count). The van der Waals surface area contributed by atoms with Crippen LogP contribution in [0.3, 0.4) is 0 Å². The number of nitrogens with one attached hydrogen (secondary N) is 1. The van der Waals surface area contributed by atoms with Crippen molar-refractivity contribution in [2.45, 2.75) is 6.54 Å². The third kappa shape index (κ3) is 3.11. The molecule has 0 aliphatic heterocycles. The number of nitrogens with zero attached hydrogens (tertiary/aromatic N) is 1. The molecular formula is C14H13N3O3. The third-order valence-electron chi connectivity index (χ3n) is 2.78. The lowest BCUT2D eigenvalue weighted by molar-refractivity contribution is -0.384. The van der Waals surface area contributed by atoms with Gasteiger partial charge in [-0.3, -0.25) is 14.9 Å². The number of rotatable bonds is 4. The number of para-hydroxylation sites is 1. The highest BCUT2D eigenvalue weighted by molar-refractivity contribution is 5.98. The van der Waals surface area contributed by atoms with Crippen LogP contribution in [0.4, 0.5) is 11.4 Å². The van der Waals surface area contributed by atoms with Gasteiger partial charge in [0.15, 0.2) is 0 Å². The molecule has 2 aromatic rings. The normalized spacial score (nSPS) is 10.0. The van der Waals surface area contributed by atoms with Crippen LogP contribution in [0, 0.1) is 10.1 Å². The molecule has 0 bridgehead atoms. The molecule has 0 aliphatic rings. The number of nitro benzene ring substituents is 1. The van der Waals surface area contributed by atoms with Crippen molar-refractivity contribution >= 4 is 17.3 Å². The fraction of sp³-hybridized carbons (Fsp3) is 0.0714. The fourth-order valence-corrected chi connectivity index (χ4v) is 1.76. The summed E-state index contributed by atoms with van der Waals surface area (Å²) >= 11 is 0. The molecule has 6 heteroatoms. The van der Waals surface area contributed by atoms with E-state index in [1.807, 2.05) is 0 Å². The van der Waals surface area contributed by atoms with Crippen molar-refractivity contribution in [1.82, 2.24) is 5.32 Å². The van der Waals surface area contributed by atoms with Gasteiger partial charge in [0.05, 0.1) is 10.5 Å². The minimum absolute atomic E-state index is 0.00373. The molecule has 20 heavy (non-hydrogen) atoms. The smallest absolute Gasteiger partial charge is 0.269 e. The second-order valence-corrected chi connectivity index (χ2v) is 4.20. The van der Waals surface area contributed by atoms with Crippen LogP contribution >= 0.6 is 0 Å². The standard InChI is InChI=1S/C14H13N3O3/c15-13-7-2-1-6-12(13)14(18)16-9-10-4-3-5-11(8-10)17(19)20/h1-8H,9,15H2,(H,16,18). The van der Waals surface area contributed by atoms with Gasteiger partial charge in [-0.15, -0.1) is 0 Å². The summed E-state index contributed by atoms with van der Waals surface area (Å²) in [6, 6.07) is 12.8. The van der Waals surface area contributed by atoms with E-state index in [-0.39, 0.29) is 18.1 Å². The zero-order valence-corrected chi connectivity index (χ0v) is 10.6. The number of nitrogens with two attached hydrogens (primary N) is 1. The maximum atomic E-state index is 11.9. The van der Waals surface area contributed by atoms with Crippen LogP contribution < -0.4 is 11.1 Å². The zero-order chi connectivity index (χ0) is 14.5. The van der Waals surface area contributed by atoms with Crippen LogP contribution in [-0.2, 0) is 6.54 Å². The Morgan fingerprint density at radius 2 is 1.95 bits per heavy atom. The van der Waals surface area contributed by atoms with Crippen molar-refractivity contribution < 1.29 is 9.72 Å². The van der Waals surface area contributed by atoms with E-state index < -0.39 is 4.92 Å². The molecule has 2 aromatic carbocycles. The van der Waals surface area contributed by atoms with Gasteiger partial charge < -0.3 is 11.1 Å². The van der Waals surface area contributed by atoms with Gasteiger partial charge in [-0.25, -0.2) is 0 Å². The number of carbonyl (C=O) groups excluding carboxylic acids is 1. The van der Waals surface area contributed by atoms with Crippen molar-refractivity contribution in [2.24, 2.45) is 0 Å². The largest absolute Gasteiger partial charge is 0.398 e. The Morgan fingerprint density at radius 1 is 1.20 bits per heavy atom. The zero-order valence-electron chi connectivity index (χ0n) is 10.6. The Labute approximate surface area is 115 Å². The topological polar surface area (TPSA) is 98.3 Å².